The standard InChI is InChI=1S/C31H32F2N6O4/c1-2-12-38-28-22(30(42)39(31(38)43)21-8-9-21)17-25(35-28)20-7-11-26(34-18-20)37(15-4-14-36-13-3-5-27(36)40)29(41)19-6-10-23(32)24(33)16-19/h6-7,10-11,16,18,21H,2-5,8-9,12-15,17H2,1H3. The lowest BCUT2D eigenvalue weighted by Gasteiger charge is -2.24. The average molecular weight is 591 g/mol. The van der Waals surface area contributed by atoms with Crippen molar-refractivity contribution in [2.24, 2.45) is 4.99 Å². The molecule has 4 heterocycles. The molecule has 0 N–H and O–H groups in total. The Balaban J connectivity index is 1.27. The summed E-state index contributed by atoms with van der Waals surface area (Å²) in [6.07, 6.45) is 5.93. The maximum absolute atomic E-state index is 14.0. The Labute approximate surface area is 246 Å². The minimum atomic E-state index is -1.13. The molecule has 1 saturated heterocycles. The zero-order valence-corrected chi connectivity index (χ0v) is 23.9. The molecule has 0 radical (unpaired) electrons. The van der Waals surface area contributed by atoms with Gasteiger partial charge in [-0.2, -0.15) is 0 Å². The Kier molecular flexibility index (Phi) is 7.76. The van der Waals surface area contributed by atoms with Crippen LogP contribution in [0.25, 0.3) is 0 Å². The molecule has 0 bridgehead atoms. The monoisotopic (exact) mass is 590 g/mol. The molecular weight excluding hydrogens is 558 g/mol. The van der Waals surface area contributed by atoms with Crippen LogP contribution in [0.1, 0.15) is 73.0 Å². The molecule has 1 aromatic carbocycles. The van der Waals surface area contributed by atoms with Crippen LogP contribution in [0, 0.1) is 11.6 Å². The summed E-state index contributed by atoms with van der Waals surface area (Å²) < 4.78 is 30.5. The molecule has 0 atom stereocenters. The van der Waals surface area contributed by atoms with E-state index in [1.165, 1.54) is 15.5 Å². The minimum absolute atomic E-state index is 0.0292. The van der Waals surface area contributed by atoms with Gasteiger partial charge in [0.25, 0.3) is 11.5 Å². The first-order valence-corrected chi connectivity index (χ1v) is 14.7. The van der Waals surface area contributed by atoms with Crippen LogP contribution in [0.4, 0.5) is 20.4 Å². The Morgan fingerprint density at radius 3 is 2.53 bits per heavy atom. The summed E-state index contributed by atoms with van der Waals surface area (Å²) in [5, 5.41) is 0. The first-order chi connectivity index (χ1) is 20.8. The number of likely N-dealkylation sites (tertiary alicyclic amines) is 1. The van der Waals surface area contributed by atoms with E-state index in [2.05, 4.69) is 4.98 Å². The van der Waals surface area contributed by atoms with Gasteiger partial charge in [0, 0.05) is 62.4 Å². The van der Waals surface area contributed by atoms with Gasteiger partial charge in [-0.25, -0.2) is 23.6 Å². The lowest BCUT2D eigenvalue weighted by atomic mass is 10.1. The fourth-order valence-corrected chi connectivity index (χ4v) is 5.76. The molecule has 10 nitrogen and oxygen atoms in total. The van der Waals surface area contributed by atoms with Crippen LogP contribution in [-0.2, 0) is 17.8 Å². The highest BCUT2D eigenvalue weighted by molar-refractivity contribution is 6.07. The highest BCUT2D eigenvalue weighted by Crippen LogP contribution is 2.34. The number of amides is 2. The fourth-order valence-electron chi connectivity index (χ4n) is 5.76. The Morgan fingerprint density at radius 2 is 1.88 bits per heavy atom. The quantitative estimate of drug-likeness (QED) is 0.357. The van der Waals surface area contributed by atoms with E-state index >= 15 is 0 Å². The molecule has 0 unspecified atom stereocenters. The molecule has 2 aromatic heterocycles. The summed E-state index contributed by atoms with van der Waals surface area (Å²) in [5.41, 5.74) is 1.07. The van der Waals surface area contributed by atoms with Gasteiger partial charge in [-0.15, -0.1) is 0 Å². The highest BCUT2D eigenvalue weighted by atomic mass is 19.2. The number of carbonyl (C=O) groups excluding carboxylic acids is 2. The van der Waals surface area contributed by atoms with E-state index in [-0.39, 0.29) is 41.7 Å². The number of aliphatic imine (C=N–C) groups is 1. The van der Waals surface area contributed by atoms with Gasteiger partial charge in [0.2, 0.25) is 5.91 Å². The van der Waals surface area contributed by atoms with Gasteiger partial charge in [-0.1, -0.05) is 6.92 Å². The lowest BCUT2D eigenvalue weighted by molar-refractivity contribution is -0.127. The van der Waals surface area contributed by atoms with Crippen molar-refractivity contribution in [1.82, 2.24) is 19.0 Å². The molecule has 1 saturated carbocycles. The number of halogens is 2. The third kappa shape index (κ3) is 5.53. The summed E-state index contributed by atoms with van der Waals surface area (Å²) in [7, 11) is 0. The number of nitrogens with zero attached hydrogens (tertiary/aromatic N) is 6. The van der Waals surface area contributed by atoms with Crippen LogP contribution < -0.4 is 16.1 Å². The summed E-state index contributed by atoms with van der Waals surface area (Å²) in [5.74, 6) is -1.97. The third-order valence-electron chi connectivity index (χ3n) is 8.13. The van der Waals surface area contributed by atoms with Gasteiger partial charge in [0.05, 0.1) is 11.3 Å². The topological polar surface area (TPSA) is 110 Å². The first-order valence-electron chi connectivity index (χ1n) is 14.7. The Morgan fingerprint density at radius 1 is 1.07 bits per heavy atom. The van der Waals surface area contributed by atoms with Gasteiger partial charge in [-0.05, 0) is 62.4 Å². The maximum atomic E-state index is 14.0. The molecule has 2 aliphatic heterocycles. The van der Waals surface area contributed by atoms with E-state index in [4.69, 9.17) is 4.99 Å². The van der Waals surface area contributed by atoms with E-state index in [9.17, 15) is 28.0 Å². The van der Waals surface area contributed by atoms with Crippen molar-refractivity contribution in [3.05, 3.63) is 85.7 Å². The summed E-state index contributed by atoms with van der Waals surface area (Å²) in [6.45, 7) is 3.75. The van der Waals surface area contributed by atoms with Crippen molar-refractivity contribution in [2.45, 2.75) is 64.5 Å². The molecule has 0 spiro atoms. The average Bonchev–Trinajstić information content (AvgIpc) is 3.59. The zero-order valence-electron chi connectivity index (χ0n) is 23.9. The van der Waals surface area contributed by atoms with Gasteiger partial charge in [0.15, 0.2) is 11.6 Å². The van der Waals surface area contributed by atoms with Gasteiger partial charge in [0.1, 0.15) is 11.6 Å². The molecule has 2 amide bonds. The number of anilines is 1. The van der Waals surface area contributed by atoms with Gasteiger partial charge < -0.3 is 4.90 Å². The molecule has 3 aliphatic rings. The summed E-state index contributed by atoms with van der Waals surface area (Å²) in [6, 6.07) is 6.32. The second-order valence-corrected chi connectivity index (χ2v) is 11.2. The fraction of sp³-hybridized carbons (Fsp3) is 0.419. The van der Waals surface area contributed by atoms with Crippen molar-refractivity contribution in [2.75, 3.05) is 24.5 Å². The lowest BCUT2D eigenvalue weighted by Crippen LogP contribution is -2.40. The second-order valence-electron chi connectivity index (χ2n) is 11.2. The van der Waals surface area contributed by atoms with Crippen LogP contribution in [0.5, 0.6) is 0 Å². The summed E-state index contributed by atoms with van der Waals surface area (Å²) >= 11 is 0. The number of fused-ring (bicyclic) bond motifs is 1. The van der Waals surface area contributed by atoms with Crippen LogP contribution in [0.3, 0.4) is 0 Å². The van der Waals surface area contributed by atoms with Crippen molar-refractivity contribution in [1.29, 1.82) is 0 Å². The highest BCUT2D eigenvalue weighted by Gasteiger charge is 2.33. The third-order valence-corrected chi connectivity index (χ3v) is 8.13. The van der Waals surface area contributed by atoms with Crippen molar-refractivity contribution < 1.29 is 18.4 Å². The predicted octanol–water partition coefficient (Wildman–Crippen LogP) is 3.76. The summed E-state index contributed by atoms with van der Waals surface area (Å²) in [4.78, 5) is 64.2. The smallest absolute Gasteiger partial charge is 0.332 e. The maximum Gasteiger partial charge on any atom is 0.332 e. The van der Waals surface area contributed by atoms with Gasteiger partial charge >= 0.3 is 5.69 Å². The number of pyridine rings is 1. The van der Waals surface area contributed by atoms with Gasteiger partial charge in [-0.3, -0.25) is 28.4 Å². The molecule has 224 valence electrons. The molecular formula is C31H32F2N6O4. The Hall–Kier alpha value is -4.48. The van der Waals surface area contributed by atoms with Crippen molar-refractivity contribution in [3.63, 3.8) is 0 Å². The Bertz CT molecular complexity index is 1740. The molecule has 6 rings (SSSR count). The SMILES string of the molecule is CCCn1c2c(c(=O)n(C3CC3)c1=O)CC(c1ccc(N(CCCN3CCCC3=O)C(=O)c3ccc(F)c(F)c3)nc1)=N2. The van der Waals surface area contributed by atoms with E-state index < -0.39 is 17.5 Å². The van der Waals surface area contributed by atoms with Crippen LogP contribution >= 0.6 is 0 Å². The van der Waals surface area contributed by atoms with E-state index in [0.717, 1.165) is 31.4 Å². The van der Waals surface area contributed by atoms with Crippen LogP contribution in [0.15, 0.2) is 51.1 Å². The van der Waals surface area contributed by atoms with Crippen LogP contribution in [0.2, 0.25) is 0 Å². The van der Waals surface area contributed by atoms with Crippen molar-refractivity contribution in [3.8, 4) is 0 Å². The first kappa shape index (κ1) is 28.6. The predicted molar refractivity (Wildman–Crippen MR) is 156 cm³/mol. The number of rotatable bonds is 10. The molecule has 2 fully saturated rings. The molecule has 43 heavy (non-hydrogen) atoms. The molecule has 1 aliphatic carbocycles. The number of carbonyl (C=O) groups is 2. The van der Waals surface area contributed by atoms with E-state index in [1.54, 1.807) is 27.8 Å². The number of hydrogen-bond donors (Lipinski definition) is 0. The molecule has 3 aromatic rings. The zero-order chi connectivity index (χ0) is 30.2. The second kappa shape index (κ2) is 11.7. The van der Waals surface area contributed by atoms with E-state index in [0.29, 0.717) is 67.4 Å². The molecule has 12 heteroatoms. The largest absolute Gasteiger partial charge is 0.343 e. The van der Waals surface area contributed by atoms with E-state index in [1.807, 2.05) is 6.92 Å². The number of benzene rings is 1. The number of hydrogen-bond acceptors (Lipinski definition) is 6. The van der Waals surface area contributed by atoms with Crippen LogP contribution in [-0.4, -0.2) is 56.2 Å². The minimum Gasteiger partial charge on any atom is -0.343 e. The number of aromatic nitrogens is 3. The normalized spacial score (nSPS) is 16.0. The van der Waals surface area contributed by atoms with Crippen molar-refractivity contribution >= 4 is 29.2 Å².